The van der Waals surface area contributed by atoms with Crippen LogP contribution in [0.3, 0.4) is 0 Å². The lowest BCUT2D eigenvalue weighted by atomic mass is 10.2. The quantitative estimate of drug-likeness (QED) is 0.854. The van der Waals surface area contributed by atoms with Gasteiger partial charge in [0.1, 0.15) is 5.52 Å². The van der Waals surface area contributed by atoms with Crippen molar-refractivity contribution in [2.24, 2.45) is 5.73 Å². The van der Waals surface area contributed by atoms with Gasteiger partial charge >= 0.3 is 6.09 Å². The van der Waals surface area contributed by atoms with E-state index in [0.717, 1.165) is 0 Å². The Morgan fingerprint density at radius 1 is 1.53 bits per heavy atom. The van der Waals surface area contributed by atoms with Crippen molar-refractivity contribution in [1.29, 1.82) is 0 Å². The molecule has 0 saturated carbocycles. The fourth-order valence-electron chi connectivity index (χ4n) is 1.62. The van der Waals surface area contributed by atoms with Crippen molar-refractivity contribution in [2.75, 3.05) is 0 Å². The Balaban J connectivity index is 2.35. The second kappa shape index (κ2) is 5.05. The van der Waals surface area contributed by atoms with Crippen molar-refractivity contribution < 1.29 is 23.1 Å². The van der Waals surface area contributed by atoms with Gasteiger partial charge in [-0.25, -0.2) is 14.2 Å². The molecule has 0 fully saturated rings. The van der Waals surface area contributed by atoms with Crippen LogP contribution in [0.15, 0.2) is 22.6 Å². The van der Waals surface area contributed by atoms with Crippen LogP contribution in [-0.2, 0) is 4.74 Å². The van der Waals surface area contributed by atoms with Crippen molar-refractivity contribution in [2.45, 2.75) is 19.4 Å². The molecule has 1 aromatic carbocycles. The summed E-state index contributed by atoms with van der Waals surface area (Å²) in [6, 6.07) is 4.15. The number of aromatic nitrogens is 1. The van der Waals surface area contributed by atoms with E-state index in [2.05, 4.69) is 9.72 Å². The van der Waals surface area contributed by atoms with Gasteiger partial charge in [-0.1, -0.05) is 13.0 Å². The summed E-state index contributed by atoms with van der Waals surface area (Å²) in [4.78, 5) is 26.5. The molecular formula is C12H11FN2O4. The van der Waals surface area contributed by atoms with E-state index in [1.54, 1.807) is 6.92 Å². The van der Waals surface area contributed by atoms with Gasteiger partial charge in [0.05, 0.1) is 0 Å². The third-order valence-corrected chi connectivity index (χ3v) is 2.50. The van der Waals surface area contributed by atoms with E-state index >= 15 is 0 Å². The summed E-state index contributed by atoms with van der Waals surface area (Å²) in [7, 11) is 0. The molecule has 1 aromatic heterocycles. The number of hydrogen-bond acceptors (Lipinski definition) is 5. The van der Waals surface area contributed by atoms with Crippen LogP contribution in [0.5, 0.6) is 0 Å². The van der Waals surface area contributed by atoms with Gasteiger partial charge in [-0.3, -0.25) is 4.79 Å². The highest BCUT2D eigenvalue weighted by molar-refractivity contribution is 5.98. The second-order valence-corrected chi connectivity index (χ2v) is 3.81. The first kappa shape index (κ1) is 13.0. The highest BCUT2D eigenvalue weighted by Crippen LogP contribution is 2.20. The van der Waals surface area contributed by atoms with Gasteiger partial charge < -0.3 is 14.9 Å². The van der Waals surface area contributed by atoms with Gasteiger partial charge in [0.25, 0.3) is 11.7 Å². The van der Waals surface area contributed by atoms with Crippen LogP contribution < -0.4 is 5.73 Å². The highest BCUT2D eigenvalue weighted by Gasteiger charge is 2.26. The summed E-state index contributed by atoms with van der Waals surface area (Å²) in [6.45, 7) is 1.63. The Labute approximate surface area is 107 Å². The van der Waals surface area contributed by atoms with E-state index in [-0.39, 0.29) is 23.4 Å². The van der Waals surface area contributed by atoms with Crippen molar-refractivity contribution in [1.82, 2.24) is 4.98 Å². The lowest BCUT2D eigenvalue weighted by Gasteiger charge is -2.10. The predicted molar refractivity (Wildman–Crippen MR) is 63.0 cm³/mol. The molecule has 0 saturated heterocycles. The number of halogens is 1. The molecule has 0 aliphatic carbocycles. The minimum atomic E-state index is -1.09. The van der Waals surface area contributed by atoms with Gasteiger partial charge in [-0.15, -0.1) is 0 Å². The number of carbonyl (C=O) groups excluding carboxylic acids is 2. The van der Waals surface area contributed by atoms with E-state index in [0.29, 0.717) is 0 Å². The number of fused-ring (bicyclic) bond motifs is 1. The van der Waals surface area contributed by atoms with Gasteiger partial charge in [0.2, 0.25) is 0 Å². The number of benzene rings is 1. The Hall–Kier alpha value is -2.44. The van der Waals surface area contributed by atoms with E-state index in [1.807, 2.05) is 0 Å². The van der Waals surface area contributed by atoms with Crippen LogP contribution in [0.4, 0.5) is 9.18 Å². The fourth-order valence-corrected chi connectivity index (χ4v) is 1.62. The second-order valence-electron chi connectivity index (χ2n) is 3.81. The summed E-state index contributed by atoms with van der Waals surface area (Å²) in [5.74, 6) is -1.59. The number of primary amides is 1. The summed E-state index contributed by atoms with van der Waals surface area (Å²) >= 11 is 0. The molecule has 0 spiro atoms. The number of rotatable bonds is 4. The van der Waals surface area contributed by atoms with Gasteiger partial charge in [0.15, 0.2) is 17.5 Å². The molecule has 0 aliphatic heterocycles. The molecule has 0 unspecified atom stereocenters. The lowest BCUT2D eigenvalue weighted by molar-refractivity contribution is 0.0616. The molecule has 1 amide bonds. The van der Waals surface area contributed by atoms with Crippen LogP contribution in [0.25, 0.3) is 11.1 Å². The predicted octanol–water partition coefficient (Wildman–Crippen LogP) is 2.02. The molecular weight excluding hydrogens is 255 g/mol. The van der Waals surface area contributed by atoms with E-state index in [1.165, 1.54) is 18.2 Å². The van der Waals surface area contributed by atoms with Crippen LogP contribution in [0.2, 0.25) is 0 Å². The Kier molecular flexibility index (Phi) is 3.46. The van der Waals surface area contributed by atoms with E-state index in [4.69, 9.17) is 10.2 Å². The Bertz CT molecular complexity index is 638. The van der Waals surface area contributed by atoms with E-state index in [9.17, 15) is 14.0 Å². The third kappa shape index (κ3) is 2.54. The number of amides is 1. The molecule has 1 heterocycles. The normalized spacial score (nSPS) is 12.3. The molecule has 2 N–H and O–H groups in total. The Morgan fingerprint density at radius 3 is 2.84 bits per heavy atom. The molecule has 7 heteroatoms. The molecule has 1 atom stereocenters. The molecule has 6 nitrogen and oxygen atoms in total. The SMILES string of the molecule is CC[C@H](OC(N)=O)C(=O)c1nc2cccc(F)c2o1. The molecule has 2 aromatic rings. The molecule has 2 rings (SSSR count). The largest absolute Gasteiger partial charge is 0.438 e. The van der Waals surface area contributed by atoms with Crippen LogP contribution in [0, 0.1) is 5.82 Å². The number of ether oxygens (including phenoxy) is 1. The summed E-state index contributed by atoms with van der Waals surface area (Å²) < 4.78 is 23.1. The summed E-state index contributed by atoms with van der Waals surface area (Å²) in [5.41, 5.74) is 4.97. The minimum absolute atomic E-state index is 0.111. The number of ketones is 1. The zero-order valence-electron chi connectivity index (χ0n) is 10.1. The topological polar surface area (TPSA) is 95.4 Å². The lowest BCUT2D eigenvalue weighted by Crippen LogP contribution is -2.29. The minimum Gasteiger partial charge on any atom is -0.438 e. The summed E-state index contributed by atoms with van der Waals surface area (Å²) in [5, 5.41) is 0. The number of para-hydroxylation sites is 1. The van der Waals surface area contributed by atoms with Crippen molar-refractivity contribution in [3.63, 3.8) is 0 Å². The first-order chi connectivity index (χ1) is 9.02. The fraction of sp³-hybridized carbons (Fsp3) is 0.250. The maximum atomic E-state index is 13.4. The van der Waals surface area contributed by atoms with Gasteiger partial charge in [0, 0.05) is 0 Å². The zero-order valence-corrected chi connectivity index (χ0v) is 10.1. The molecule has 0 aliphatic rings. The first-order valence-electron chi connectivity index (χ1n) is 5.58. The van der Waals surface area contributed by atoms with Gasteiger partial charge in [-0.2, -0.15) is 0 Å². The molecule has 0 bridgehead atoms. The highest BCUT2D eigenvalue weighted by atomic mass is 19.1. The van der Waals surface area contributed by atoms with E-state index < -0.39 is 23.8 Å². The Morgan fingerprint density at radius 2 is 2.26 bits per heavy atom. The molecule has 19 heavy (non-hydrogen) atoms. The number of nitrogens with two attached hydrogens (primary N) is 1. The molecule has 0 radical (unpaired) electrons. The third-order valence-electron chi connectivity index (χ3n) is 2.50. The molecule has 100 valence electrons. The van der Waals surface area contributed by atoms with Crippen LogP contribution >= 0.6 is 0 Å². The number of nitrogens with zero attached hydrogens (tertiary/aromatic N) is 1. The average molecular weight is 266 g/mol. The zero-order chi connectivity index (χ0) is 14.0. The maximum Gasteiger partial charge on any atom is 0.405 e. The summed E-state index contributed by atoms with van der Waals surface area (Å²) in [6.07, 6.45) is -1.95. The number of Topliss-reactive ketones (excluding diaryl/α,β-unsaturated/α-hetero) is 1. The average Bonchev–Trinajstić information content (AvgIpc) is 2.80. The monoisotopic (exact) mass is 266 g/mol. The number of hydrogen-bond donors (Lipinski definition) is 1. The van der Waals surface area contributed by atoms with Crippen molar-refractivity contribution in [3.05, 3.63) is 29.9 Å². The van der Waals surface area contributed by atoms with Gasteiger partial charge in [-0.05, 0) is 18.6 Å². The smallest absolute Gasteiger partial charge is 0.405 e. The van der Waals surface area contributed by atoms with Crippen molar-refractivity contribution >= 4 is 23.0 Å². The van der Waals surface area contributed by atoms with Crippen molar-refractivity contribution in [3.8, 4) is 0 Å². The van der Waals surface area contributed by atoms with Crippen LogP contribution in [0.1, 0.15) is 24.0 Å². The maximum absolute atomic E-state index is 13.4. The van der Waals surface area contributed by atoms with Crippen LogP contribution in [-0.4, -0.2) is 23.0 Å². The number of oxazole rings is 1. The number of carbonyl (C=O) groups is 2. The first-order valence-corrected chi connectivity index (χ1v) is 5.58. The standard InChI is InChI=1S/C12H11FN2O4/c1-2-8(18-12(14)17)9(16)11-15-7-5-3-4-6(13)10(7)19-11/h3-5,8H,2H2,1H3,(H2,14,17)/t8-/m0/s1.